The van der Waals surface area contributed by atoms with Gasteiger partial charge in [-0.25, -0.2) is 0 Å². The zero-order chi connectivity index (χ0) is 15.3. The summed E-state index contributed by atoms with van der Waals surface area (Å²) in [5.41, 5.74) is 0. The van der Waals surface area contributed by atoms with E-state index in [1.807, 2.05) is 0 Å². The molecular formula is C19H31LiO. The first-order valence-corrected chi connectivity index (χ1v) is 8.92. The molecule has 1 unspecified atom stereocenters. The van der Waals surface area contributed by atoms with E-state index in [4.69, 9.17) is 4.74 Å². The van der Waals surface area contributed by atoms with Gasteiger partial charge in [-0.15, -0.1) is 0 Å². The Kier molecular flexibility index (Phi) is 10.8. The quantitative estimate of drug-likeness (QED) is 0.386. The van der Waals surface area contributed by atoms with E-state index in [2.05, 4.69) is 55.8 Å². The Bertz CT molecular complexity index is 347. The van der Waals surface area contributed by atoms with Crippen molar-refractivity contribution in [3.63, 3.8) is 0 Å². The van der Waals surface area contributed by atoms with Crippen LogP contribution in [-0.2, 0) is 0 Å². The van der Waals surface area contributed by atoms with Gasteiger partial charge in [0.05, 0.1) is 0 Å². The van der Waals surface area contributed by atoms with E-state index in [-0.39, 0.29) is 0 Å². The van der Waals surface area contributed by atoms with Crippen molar-refractivity contribution in [2.75, 3.05) is 6.61 Å². The first kappa shape index (κ1) is 18.7. The van der Waals surface area contributed by atoms with Crippen LogP contribution >= 0.6 is 0 Å². The maximum absolute atomic E-state index is 5.78. The van der Waals surface area contributed by atoms with E-state index in [9.17, 15) is 0 Å². The van der Waals surface area contributed by atoms with Crippen molar-refractivity contribution < 1.29 is 4.74 Å². The molecule has 0 aliphatic carbocycles. The Morgan fingerprint density at radius 3 is 2.24 bits per heavy atom. The van der Waals surface area contributed by atoms with E-state index >= 15 is 0 Å². The molecule has 0 N–H and O–H groups in total. The van der Waals surface area contributed by atoms with E-state index in [0.717, 1.165) is 18.3 Å². The molecule has 1 rings (SSSR count). The van der Waals surface area contributed by atoms with Crippen LogP contribution in [0.15, 0.2) is 24.3 Å². The fourth-order valence-corrected chi connectivity index (χ4v) is 2.67. The van der Waals surface area contributed by atoms with Gasteiger partial charge in [0.2, 0.25) is 0 Å². The Labute approximate surface area is 141 Å². The summed E-state index contributed by atoms with van der Waals surface area (Å²) in [6, 6.07) is 8.34. The van der Waals surface area contributed by atoms with Crippen LogP contribution in [0.3, 0.4) is 0 Å². The third-order valence-corrected chi connectivity index (χ3v) is 4.18. The fraction of sp³-hybridized carbons (Fsp3) is 0.684. The Hall–Kier alpha value is -0.383. The Morgan fingerprint density at radius 2 is 1.52 bits per heavy atom. The summed E-state index contributed by atoms with van der Waals surface area (Å²) in [5.74, 6) is 1.85. The van der Waals surface area contributed by atoms with Crippen molar-refractivity contribution >= 4 is 22.0 Å². The van der Waals surface area contributed by atoms with Crippen molar-refractivity contribution in [1.29, 1.82) is 0 Å². The minimum absolute atomic E-state index is 0.845. The topological polar surface area (TPSA) is 9.23 Å². The zero-order valence-corrected chi connectivity index (χ0v) is 14.4. The van der Waals surface area contributed by atoms with Crippen molar-refractivity contribution in [3.05, 3.63) is 24.3 Å². The van der Waals surface area contributed by atoms with Crippen LogP contribution in [0, 0.1) is 5.92 Å². The van der Waals surface area contributed by atoms with Crippen molar-refractivity contribution in [2.24, 2.45) is 5.92 Å². The van der Waals surface area contributed by atoms with Crippen LogP contribution in [0.5, 0.6) is 5.75 Å². The van der Waals surface area contributed by atoms with Crippen molar-refractivity contribution in [3.8, 4) is 5.75 Å². The van der Waals surface area contributed by atoms with Crippen molar-refractivity contribution in [2.45, 2.75) is 71.6 Å². The molecule has 0 amide bonds. The van der Waals surface area contributed by atoms with E-state index in [1.165, 1.54) is 62.0 Å². The number of unbranched alkanes of at least 4 members (excludes halogenated alkanes) is 5. The molecular weight excluding hydrogens is 251 g/mol. The van der Waals surface area contributed by atoms with Gasteiger partial charge in [0.25, 0.3) is 0 Å². The second-order valence-corrected chi connectivity index (χ2v) is 6.47. The van der Waals surface area contributed by atoms with Gasteiger partial charge >= 0.3 is 108 Å². The average molecular weight is 282 g/mol. The monoisotopic (exact) mass is 282 g/mol. The van der Waals surface area contributed by atoms with Crippen LogP contribution in [0.2, 0.25) is 0 Å². The van der Waals surface area contributed by atoms with Gasteiger partial charge in [-0.05, 0) is 0 Å². The first-order chi connectivity index (χ1) is 10.2. The molecule has 1 nitrogen and oxygen atoms in total. The van der Waals surface area contributed by atoms with Gasteiger partial charge < -0.3 is 0 Å². The molecule has 0 radical (unpaired) electrons. The number of benzene rings is 1. The van der Waals surface area contributed by atoms with Crippen LogP contribution in [0.1, 0.15) is 71.6 Å². The molecule has 0 aromatic heterocycles. The van der Waals surface area contributed by atoms with Crippen molar-refractivity contribution in [1.82, 2.24) is 0 Å². The van der Waals surface area contributed by atoms with Gasteiger partial charge in [-0.2, -0.15) is 0 Å². The van der Waals surface area contributed by atoms with Crippen LogP contribution in [0.25, 0.3) is 0 Å². The standard InChI is InChI=1S/C19H31O.Li/c1-3-4-5-6-7-9-13-18(2)14-12-17-20-19-15-10-8-11-16-19;/h10-11,15-16,18H,3-7,9,12-14,17H2,1-2H3;. The fourth-order valence-electron chi connectivity index (χ4n) is 2.67. The molecule has 2 heteroatoms. The van der Waals surface area contributed by atoms with Crippen LogP contribution in [-0.4, -0.2) is 24.3 Å². The van der Waals surface area contributed by atoms with Crippen LogP contribution in [0.4, 0.5) is 0 Å². The maximum atomic E-state index is 5.78. The van der Waals surface area contributed by atoms with E-state index < -0.39 is 0 Å². The van der Waals surface area contributed by atoms with Crippen LogP contribution < -0.4 is 8.97 Å². The van der Waals surface area contributed by atoms with Gasteiger partial charge in [-0.1, -0.05) is 32.6 Å². The van der Waals surface area contributed by atoms with Gasteiger partial charge in [0.1, 0.15) is 0 Å². The number of rotatable bonds is 12. The third-order valence-electron chi connectivity index (χ3n) is 4.18. The normalized spacial score (nSPS) is 12.4. The first-order valence-electron chi connectivity index (χ1n) is 8.92. The molecule has 0 aliphatic rings. The summed E-state index contributed by atoms with van der Waals surface area (Å²) >= 11 is 2.10. The molecule has 0 spiro atoms. The molecule has 0 heterocycles. The predicted molar refractivity (Wildman–Crippen MR) is 93.7 cm³/mol. The second-order valence-electron chi connectivity index (χ2n) is 6.47. The molecule has 1 aromatic carbocycles. The molecule has 21 heavy (non-hydrogen) atoms. The molecule has 114 valence electrons. The Balaban J connectivity index is 1.95. The molecule has 1 aromatic rings. The SMILES string of the molecule is [Li][c]1ccc(OCCCC(C)CCCCCCCC)cc1. The summed E-state index contributed by atoms with van der Waals surface area (Å²) in [6.07, 6.45) is 12.3. The third kappa shape index (κ3) is 10.0. The molecule has 0 aliphatic heterocycles. The van der Waals surface area contributed by atoms with Gasteiger partial charge in [0.15, 0.2) is 0 Å². The average Bonchev–Trinajstić information content (AvgIpc) is 2.49. The number of ether oxygens (including phenoxy) is 1. The second kappa shape index (κ2) is 12.2. The van der Waals surface area contributed by atoms with Gasteiger partial charge in [-0.3, -0.25) is 0 Å². The summed E-state index contributed by atoms with van der Waals surface area (Å²) in [7, 11) is 0. The number of hydrogen-bond acceptors (Lipinski definition) is 1. The zero-order valence-electron chi connectivity index (χ0n) is 14.4. The number of hydrogen-bond donors (Lipinski definition) is 0. The summed E-state index contributed by atoms with van der Waals surface area (Å²) in [4.78, 5) is 0. The molecule has 0 saturated heterocycles. The summed E-state index contributed by atoms with van der Waals surface area (Å²) in [5, 5.41) is 0. The summed E-state index contributed by atoms with van der Waals surface area (Å²) < 4.78 is 7.07. The molecule has 0 saturated carbocycles. The van der Waals surface area contributed by atoms with Gasteiger partial charge in [0, 0.05) is 0 Å². The molecule has 0 bridgehead atoms. The van der Waals surface area contributed by atoms with E-state index in [1.54, 1.807) is 0 Å². The Morgan fingerprint density at radius 1 is 0.905 bits per heavy atom. The van der Waals surface area contributed by atoms with E-state index in [0.29, 0.717) is 0 Å². The summed E-state index contributed by atoms with van der Waals surface area (Å²) in [6.45, 7) is 5.52. The molecule has 1 atom stereocenters. The minimum atomic E-state index is 0.845. The molecule has 0 fully saturated rings. The predicted octanol–water partition coefficient (Wildman–Crippen LogP) is 5.03.